The zero-order valence-corrected chi connectivity index (χ0v) is 10.7. The number of hydrogen-bond acceptors (Lipinski definition) is 4. The van der Waals surface area contributed by atoms with Crippen LogP contribution in [-0.2, 0) is 17.6 Å². The first kappa shape index (κ1) is 11.4. The van der Waals surface area contributed by atoms with E-state index in [1.807, 2.05) is 0 Å². The third-order valence-electron chi connectivity index (χ3n) is 3.74. The van der Waals surface area contributed by atoms with Crippen LogP contribution in [0.4, 0.5) is 5.69 Å². The molecule has 18 heavy (non-hydrogen) atoms. The number of nitrogens with two attached hydrogens (primary N) is 1. The molecule has 4 heteroatoms. The van der Waals surface area contributed by atoms with Crippen molar-refractivity contribution in [2.24, 2.45) is 10.7 Å². The van der Waals surface area contributed by atoms with Crippen molar-refractivity contribution in [3.8, 4) is 0 Å². The Hall–Kier alpha value is -1.71. The minimum Gasteiger partial charge on any atom is -0.463 e. The fraction of sp³-hybridized carbons (Fsp3) is 0.500. The van der Waals surface area contributed by atoms with Crippen LogP contribution >= 0.6 is 0 Å². The molecule has 4 nitrogen and oxygen atoms in total. The summed E-state index contributed by atoms with van der Waals surface area (Å²) in [5.41, 5.74) is 9.80. The molecule has 1 aromatic carbocycles. The summed E-state index contributed by atoms with van der Waals surface area (Å²) in [5, 5.41) is 0. The maximum Gasteiger partial charge on any atom is 0.282 e. The number of anilines is 1. The van der Waals surface area contributed by atoms with Crippen molar-refractivity contribution < 1.29 is 4.74 Å². The minimum absolute atomic E-state index is 0.156. The van der Waals surface area contributed by atoms with Crippen molar-refractivity contribution in [3.63, 3.8) is 0 Å². The van der Waals surface area contributed by atoms with Crippen LogP contribution in [-0.4, -0.2) is 32.3 Å². The van der Waals surface area contributed by atoms with Gasteiger partial charge in [-0.2, -0.15) is 0 Å². The fourth-order valence-corrected chi connectivity index (χ4v) is 2.75. The van der Waals surface area contributed by atoms with Gasteiger partial charge >= 0.3 is 0 Å². The summed E-state index contributed by atoms with van der Waals surface area (Å²) in [6, 6.07) is 7.25. The van der Waals surface area contributed by atoms with E-state index in [1.165, 1.54) is 36.1 Å². The summed E-state index contributed by atoms with van der Waals surface area (Å²) in [5.74, 6) is 0. The quantitative estimate of drug-likeness (QED) is 0.874. The van der Waals surface area contributed by atoms with E-state index in [9.17, 15) is 0 Å². The second kappa shape index (κ2) is 4.52. The molecule has 1 atom stereocenters. The van der Waals surface area contributed by atoms with Crippen LogP contribution in [0.2, 0.25) is 0 Å². The first-order valence-electron chi connectivity index (χ1n) is 6.51. The number of benzene rings is 1. The molecule has 2 N–H and O–H groups in total. The first-order valence-corrected chi connectivity index (χ1v) is 6.51. The smallest absolute Gasteiger partial charge is 0.282 e. The lowest BCUT2D eigenvalue weighted by Crippen LogP contribution is -2.28. The lowest BCUT2D eigenvalue weighted by Gasteiger charge is -2.21. The van der Waals surface area contributed by atoms with Crippen LogP contribution in [0.25, 0.3) is 0 Å². The Labute approximate surface area is 107 Å². The van der Waals surface area contributed by atoms with Gasteiger partial charge < -0.3 is 15.4 Å². The van der Waals surface area contributed by atoms with Crippen LogP contribution < -0.4 is 10.6 Å². The Morgan fingerprint density at radius 1 is 1.39 bits per heavy atom. The van der Waals surface area contributed by atoms with Crippen LogP contribution in [0, 0.1) is 0 Å². The van der Waals surface area contributed by atoms with Gasteiger partial charge in [0.25, 0.3) is 6.02 Å². The highest BCUT2D eigenvalue weighted by molar-refractivity contribution is 5.73. The number of amidine groups is 1. The number of ether oxygens (including phenoxy) is 1. The van der Waals surface area contributed by atoms with Crippen LogP contribution in [0.1, 0.15) is 17.5 Å². The molecule has 0 spiro atoms. The molecule has 0 saturated heterocycles. The summed E-state index contributed by atoms with van der Waals surface area (Å²) >= 11 is 0. The monoisotopic (exact) mass is 245 g/mol. The molecule has 0 saturated carbocycles. The zero-order chi connectivity index (χ0) is 12.5. The van der Waals surface area contributed by atoms with Crippen molar-refractivity contribution in [1.82, 2.24) is 0 Å². The topological polar surface area (TPSA) is 50.9 Å². The predicted molar refractivity (Wildman–Crippen MR) is 73.1 cm³/mol. The maximum absolute atomic E-state index is 5.52. The van der Waals surface area contributed by atoms with Crippen molar-refractivity contribution in [3.05, 3.63) is 29.3 Å². The van der Waals surface area contributed by atoms with Crippen LogP contribution in [0.3, 0.4) is 0 Å². The van der Waals surface area contributed by atoms with Gasteiger partial charge in [-0.1, -0.05) is 6.07 Å². The summed E-state index contributed by atoms with van der Waals surface area (Å²) in [4.78, 5) is 6.49. The Bertz CT molecular complexity index is 484. The third kappa shape index (κ3) is 2.15. The number of rotatable bonds is 3. The third-order valence-corrected chi connectivity index (χ3v) is 3.74. The molecular weight excluding hydrogens is 226 g/mol. The van der Waals surface area contributed by atoms with E-state index in [4.69, 9.17) is 10.5 Å². The predicted octanol–water partition coefficient (Wildman–Crippen LogP) is 1.33. The molecule has 0 bridgehead atoms. The maximum atomic E-state index is 5.52. The lowest BCUT2D eigenvalue weighted by molar-refractivity contribution is 0.314. The van der Waals surface area contributed by atoms with Crippen molar-refractivity contribution in [2.75, 3.05) is 25.1 Å². The van der Waals surface area contributed by atoms with Gasteiger partial charge in [0.2, 0.25) is 0 Å². The van der Waals surface area contributed by atoms with E-state index in [2.05, 4.69) is 35.1 Å². The second-order valence-electron chi connectivity index (χ2n) is 5.12. The summed E-state index contributed by atoms with van der Waals surface area (Å²) in [6.07, 6.45) is 3.74. The molecule has 1 heterocycles. The summed E-state index contributed by atoms with van der Waals surface area (Å²) in [6.45, 7) is 1.45. The number of aryl methyl sites for hydroxylation is 2. The van der Waals surface area contributed by atoms with Gasteiger partial charge in [0.15, 0.2) is 0 Å². The molecular formula is C14H19N3O. The van der Waals surface area contributed by atoms with Gasteiger partial charge in [0, 0.05) is 19.3 Å². The Balaban J connectivity index is 1.70. The van der Waals surface area contributed by atoms with Crippen molar-refractivity contribution in [2.45, 2.75) is 25.3 Å². The molecule has 1 aliphatic carbocycles. The zero-order valence-electron chi connectivity index (χ0n) is 10.7. The normalized spacial score (nSPS) is 21.4. The molecule has 1 aromatic rings. The standard InChI is InChI=1S/C14H19N3O/c1-17(8-12-9-18-14(15)16-12)13-6-5-10-3-2-4-11(10)7-13/h5-7,12H,2-4,8-9H2,1H3,(H2,15,16)/t12-/m0/s1. The molecule has 96 valence electrons. The van der Waals surface area contributed by atoms with Gasteiger partial charge in [0.1, 0.15) is 12.6 Å². The summed E-state index contributed by atoms with van der Waals surface area (Å²) < 4.78 is 5.18. The van der Waals surface area contributed by atoms with E-state index in [-0.39, 0.29) is 6.04 Å². The molecule has 2 aliphatic rings. The van der Waals surface area contributed by atoms with Crippen LogP contribution in [0.5, 0.6) is 0 Å². The average molecular weight is 245 g/mol. The highest BCUT2D eigenvalue weighted by Gasteiger charge is 2.19. The number of hydrogen-bond donors (Lipinski definition) is 1. The largest absolute Gasteiger partial charge is 0.463 e. The molecule has 3 rings (SSSR count). The number of aliphatic imine (C=N–C) groups is 1. The first-order chi connectivity index (χ1) is 8.72. The Morgan fingerprint density at radius 3 is 3.00 bits per heavy atom. The molecule has 0 amide bonds. The SMILES string of the molecule is CN(C[C@H]1COC(N)=N1)c1ccc2c(c1)CCC2. The van der Waals surface area contributed by atoms with Crippen LogP contribution in [0.15, 0.2) is 23.2 Å². The van der Waals surface area contributed by atoms with E-state index in [1.54, 1.807) is 0 Å². The number of likely N-dealkylation sites (N-methyl/N-ethyl adjacent to an activating group) is 1. The van der Waals surface area contributed by atoms with E-state index in [0.717, 1.165) is 6.54 Å². The van der Waals surface area contributed by atoms with Gasteiger partial charge in [-0.3, -0.25) is 0 Å². The highest BCUT2D eigenvalue weighted by atomic mass is 16.5. The van der Waals surface area contributed by atoms with Gasteiger partial charge in [-0.15, -0.1) is 0 Å². The average Bonchev–Trinajstić information content (AvgIpc) is 2.96. The number of nitrogens with zero attached hydrogens (tertiary/aromatic N) is 2. The fourth-order valence-electron chi connectivity index (χ4n) is 2.75. The second-order valence-corrected chi connectivity index (χ2v) is 5.12. The van der Waals surface area contributed by atoms with E-state index in [0.29, 0.717) is 12.6 Å². The molecule has 0 unspecified atom stereocenters. The molecule has 1 aliphatic heterocycles. The lowest BCUT2D eigenvalue weighted by atomic mass is 10.1. The Kier molecular flexibility index (Phi) is 2.86. The summed E-state index contributed by atoms with van der Waals surface area (Å²) in [7, 11) is 2.10. The van der Waals surface area contributed by atoms with Crippen molar-refractivity contribution in [1.29, 1.82) is 0 Å². The van der Waals surface area contributed by atoms with E-state index >= 15 is 0 Å². The molecule has 0 fully saturated rings. The number of fused-ring (bicyclic) bond motifs is 1. The van der Waals surface area contributed by atoms with Gasteiger partial charge in [-0.05, 0) is 42.5 Å². The van der Waals surface area contributed by atoms with Gasteiger partial charge in [0.05, 0.1) is 0 Å². The minimum atomic E-state index is 0.156. The highest BCUT2D eigenvalue weighted by Crippen LogP contribution is 2.26. The van der Waals surface area contributed by atoms with E-state index < -0.39 is 0 Å². The Morgan fingerprint density at radius 2 is 2.22 bits per heavy atom. The van der Waals surface area contributed by atoms with Crippen molar-refractivity contribution >= 4 is 11.7 Å². The molecule has 0 aromatic heterocycles. The van der Waals surface area contributed by atoms with Gasteiger partial charge in [-0.25, -0.2) is 4.99 Å². The molecule has 0 radical (unpaired) electrons.